The van der Waals surface area contributed by atoms with Crippen LogP contribution < -0.4 is 14.2 Å². The fourth-order valence-corrected chi connectivity index (χ4v) is 4.43. The molecule has 4 rings (SSSR count). The molecule has 3 heterocycles. The Morgan fingerprint density at radius 2 is 1.97 bits per heavy atom. The van der Waals surface area contributed by atoms with E-state index >= 15 is 0 Å². The molecule has 1 amide bonds. The summed E-state index contributed by atoms with van der Waals surface area (Å²) in [4.78, 5) is 20.9. The molecule has 8 nitrogen and oxygen atoms in total. The van der Waals surface area contributed by atoms with Crippen molar-refractivity contribution in [1.29, 1.82) is 0 Å². The minimum Gasteiger partial charge on any atom is -0.493 e. The van der Waals surface area contributed by atoms with Crippen molar-refractivity contribution in [3.05, 3.63) is 35.9 Å². The Kier molecular flexibility index (Phi) is 6.99. The average Bonchev–Trinajstić information content (AvgIpc) is 3.06. The molecule has 0 atom stereocenters. The molecule has 0 unspecified atom stereocenters. The summed E-state index contributed by atoms with van der Waals surface area (Å²) in [6.07, 6.45) is 1.63. The molecule has 1 fully saturated rings. The summed E-state index contributed by atoms with van der Waals surface area (Å²) in [5.41, 5.74) is 2.86. The van der Waals surface area contributed by atoms with E-state index in [1.807, 2.05) is 31.2 Å². The van der Waals surface area contributed by atoms with Gasteiger partial charge in [-0.25, -0.2) is 9.78 Å². The summed E-state index contributed by atoms with van der Waals surface area (Å²) in [6, 6.07) is 10.2. The van der Waals surface area contributed by atoms with Crippen LogP contribution >= 0.6 is 0 Å². The zero-order valence-electron chi connectivity index (χ0n) is 19.0. The van der Waals surface area contributed by atoms with Gasteiger partial charge in [0.25, 0.3) is 0 Å². The van der Waals surface area contributed by atoms with Gasteiger partial charge in [0.05, 0.1) is 26.5 Å². The largest absolute Gasteiger partial charge is 0.493 e. The zero-order chi connectivity index (χ0) is 22.5. The number of nitrogens with zero attached hydrogens (tertiary/aromatic N) is 3. The molecule has 1 aromatic heterocycles. The Labute approximate surface area is 189 Å². The Morgan fingerprint density at radius 3 is 2.69 bits per heavy atom. The van der Waals surface area contributed by atoms with Crippen LogP contribution in [0, 0.1) is 0 Å². The Morgan fingerprint density at radius 1 is 1.16 bits per heavy atom. The second-order valence-corrected chi connectivity index (χ2v) is 7.97. The smallest absolute Gasteiger partial charge is 0.409 e. The van der Waals surface area contributed by atoms with Gasteiger partial charge in [-0.1, -0.05) is 6.07 Å². The molecule has 32 heavy (non-hydrogen) atoms. The number of carbonyl (C=O) groups excluding carboxylic acids is 1. The number of rotatable bonds is 5. The summed E-state index contributed by atoms with van der Waals surface area (Å²) in [5, 5.41) is 0. The van der Waals surface area contributed by atoms with Crippen molar-refractivity contribution in [3.8, 4) is 28.6 Å². The highest BCUT2D eigenvalue weighted by Crippen LogP contribution is 2.39. The van der Waals surface area contributed by atoms with E-state index in [1.54, 1.807) is 19.1 Å². The van der Waals surface area contributed by atoms with Gasteiger partial charge in [-0.15, -0.1) is 0 Å². The van der Waals surface area contributed by atoms with Gasteiger partial charge in [-0.05, 0) is 38.0 Å². The van der Waals surface area contributed by atoms with Gasteiger partial charge in [-0.3, -0.25) is 4.90 Å². The summed E-state index contributed by atoms with van der Waals surface area (Å²) in [7, 11) is 3.28. The monoisotopic (exact) mass is 441 g/mol. The van der Waals surface area contributed by atoms with Gasteiger partial charge < -0.3 is 23.8 Å². The van der Waals surface area contributed by atoms with Crippen molar-refractivity contribution in [2.45, 2.75) is 32.4 Å². The molecule has 8 heteroatoms. The first-order valence-corrected chi connectivity index (χ1v) is 11.1. The quantitative estimate of drug-likeness (QED) is 0.702. The average molecular weight is 442 g/mol. The number of pyridine rings is 1. The van der Waals surface area contributed by atoms with Crippen molar-refractivity contribution in [2.75, 3.05) is 47.1 Å². The molecule has 0 radical (unpaired) electrons. The third-order valence-electron chi connectivity index (χ3n) is 6.09. The highest BCUT2D eigenvalue weighted by Gasteiger charge is 2.30. The van der Waals surface area contributed by atoms with E-state index in [-0.39, 0.29) is 6.09 Å². The molecule has 172 valence electrons. The molecule has 0 bridgehead atoms. The normalized spacial score (nSPS) is 17.2. The number of hydrogen-bond acceptors (Lipinski definition) is 7. The first kappa shape index (κ1) is 22.2. The minimum absolute atomic E-state index is 0.212. The SMILES string of the molecule is CCOC(=O)N1CCC(N2CCOc3c(cc(-c4cccc(OC)n4)cc3OC)C2)CC1. The molecular weight excluding hydrogens is 410 g/mol. The number of methoxy groups -OCH3 is 2. The lowest BCUT2D eigenvalue weighted by atomic mass is 10.0. The Hall–Kier alpha value is -3.00. The highest BCUT2D eigenvalue weighted by molar-refractivity contribution is 5.68. The van der Waals surface area contributed by atoms with Gasteiger partial charge >= 0.3 is 6.09 Å². The van der Waals surface area contributed by atoms with Crippen LogP contribution in [0.15, 0.2) is 30.3 Å². The second kappa shape index (κ2) is 10.1. The van der Waals surface area contributed by atoms with E-state index in [0.29, 0.717) is 44.0 Å². The number of ether oxygens (including phenoxy) is 4. The van der Waals surface area contributed by atoms with Crippen molar-refractivity contribution in [3.63, 3.8) is 0 Å². The van der Waals surface area contributed by atoms with E-state index in [9.17, 15) is 4.79 Å². The Balaban J connectivity index is 1.55. The van der Waals surface area contributed by atoms with Crippen LogP contribution in [0.2, 0.25) is 0 Å². The van der Waals surface area contributed by atoms with Crippen molar-refractivity contribution < 1.29 is 23.7 Å². The minimum atomic E-state index is -0.212. The first-order valence-electron chi connectivity index (χ1n) is 11.1. The number of benzene rings is 1. The van der Waals surface area contributed by atoms with E-state index in [0.717, 1.165) is 48.5 Å². The maximum atomic E-state index is 12.0. The molecule has 0 aliphatic carbocycles. The Bertz CT molecular complexity index is 943. The number of amides is 1. The summed E-state index contributed by atoms with van der Waals surface area (Å²) < 4.78 is 22.2. The maximum Gasteiger partial charge on any atom is 0.409 e. The standard InChI is InChI=1S/C24H31N3O5/c1-4-31-24(28)26-10-8-19(9-11-26)27-12-13-32-23-18(16-27)14-17(15-21(23)29-2)20-6-5-7-22(25-20)30-3/h5-7,14-15,19H,4,8-13,16H2,1-3H3. The fraction of sp³-hybridized carbons (Fsp3) is 0.500. The number of likely N-dealkylation sites (tertiary alicyclic amines) is 1. The number of aromatic nitrogens is 1. The molecule has 1 saturated heterocycles. The number of hydrogen-bond donors (Lipinski definition) is 0. The molecule has 0 N–H and O–H groups in total. The van der Waals surface area contributed by atoms with Crippen LogP contribution in [-0.4, -0.2) is 74.0 Å². The molecule has 0 spiro atoms. The zero-order valence-corrected chi connectivity index (χ0v) is 19.0. The van der Waals surface area contributed by atoms with Crippen molar-refractivity contribution in [1.82, 2.24) is 14.8 Å². The second-order valence-electron chi connectivity index (χ2n) is 7.97. The van der Waals surface area contributed by atoms with Crippen LogP contribution in [0.3, 0.4) is 0 Å². The van der Waals surface area contributed by atoms with Gasteiger partial charge in [0, 0.05) is 49.4 Å². The van der Waals surface area contributed by atoms with Crippen LogP contribution in [0.1, 0.15) is 25.3 Å². The van der Waals surface area contributed by atoms with Gasteiger partial charge in [0.2, 0.25) is 5.88 Å². The predicted molar refractivity (Wildman–Crippen MR) is 120 cm³/mol. The number of piperidine rings is 1. The van der Waals surface area contributed by atoms with Gasteiger partial charge in [0.1, 0.15) is 6.61 Å². The van der Waals surface area contributed by atoms with E-state index in [4.69, 9.17) is 18.9 Å². The topological polar surface area (TPSA) is 73.4 Å². The van der Waals surface area contributed by atoms with Crippen molar-refractivity contribution >= 4 is 6.09 Å². The molecular formula is C24H31N3O5. The summed E-state index contributed by atoms with van der Waals surface area (Å²) in [6.45, 7) is 5.85. The third-order valence-corrected chi connectivity index (χ3v) is 6.09. The van der Waals surface area contributed by atoms with Crippen LogP contribution in [0.25, 0.3) is 11.3 Å². The lowest BCUT2D eigenvalue weighted by Gasteiger charge is -2.37. The lowest BCUT2D eigenvalue weighted by Crippen LogP contribution is -2.47. The maximum absolute atomic E-state index is 12.0. The fourth-order valence-electron chi connectivity index (χ4n) is 4.43. The summed E-state index contributed by atoms with van der Waals surface area (Å²) in [5.74, 6) is 2.08. The highest BCUT2D eigenvalue weighted by atomic mass is 16.6. The molecule has 0 saturated carbocycles. The van der Waals surface area contributed by atoms with Gasteiger partial charge in [0.15, 0.2) is 11.5 Å². The van der Waals surface area contributed by atoms with E-state index < -0.39 is 0 Å². The molecule has 2 aliphatic heterocycles. The lowest BCUT2D eigenvalue weighted by molar-refractivity contribution is 0.0704. The molecule has 2 aliphatic rings. The van der Waals surface area contributed by atoms with E-state index in [2.05, 4.69) is 16.0 Å². The third kappa shape index (κ3) is 4.75. The van der Waals surface area contributed by atoms with Crippen molar-refractivity contribution in [2.24, 2.45) is 0 Å². The first-order chi connectivity index (χ1) is 15.6. The number of fused-ring (bicyclic) bond motifs is 1. The van der Waals surface area contributed by atoms with Crippen LogP contribution in [-0.2, 0) is 11.3 Å². The molecule has 1 aromatic carbocycles. The predicted octanol–water partition coefficient (Wildman–Crippen LogP) is 3.58. The van der Waals surface area contributed by atoms with Crippen LogP contribution in [0.5, 0.6) is 17.4 Å². The number of carbonyl (C=O) groups is 1. The summed E-state index contributed by atoms with van der Waals surface area (Å²) >= 11 is 0. The van der Waals surface area contributed by atoms with Crippen LogP contribution in [0.4, 0.5) is 4.79 Å². The molecule has 2 aromatic rings. The van der Waals surface area contributed by atoms with E-state index in [1.165, 1.54) is 0 Å². The van der Waals surface area contributed by atoms with Gasteiger partial charge in [-0.2, -0.15) is 0 Å².